The van der Waals surface area contributed by atoms with Gasteiger partial charge in [-0.15, -0.1) is 24.0 Å². The summed E-state index contributed by atoms with van der Waals surface area (Å²) in [4.78, 5) is 11.3. The molecule has 0 bridgehead atoms. The Hall–Kier alpha value is -1.87. The first-order chi connectivity index (χ1) is 13.3. The van der Waals surface area contributed by atoms with Gasteiger partial charge in [0, 0.05) is 38.8 Å². The van der Waals surface area contributed by atoms with Crippen LogP contribution >= 0.6 is 24.0 Å². The standard InChI is InChI=1S/C21H29N5O.HI/c1-22-21(23-15-19-9-6-10-20(24-19)27-2)25-18-11-13-26(14-12-18)16-17-7-4-3-5-8-17;/h3-10,18H,11-16H2,1-2H3,(H2,22,23,25);1H. The van der Waals surface area contributed by atoms with Gasteiger partial charge in [0.25, 0.3) is 0 Å². The van der Waals surface area contributed by atoms with Crippen molar-refractivity contribution in [2.75, 3.05) is 27.2 Å². The van der Waals surface area contributed by atoms with Gasteiger partial charge in [-0.3, -0.25) is 9.89 Å². The molecule has 3 rings (SSSR count). The van der Waals surface area contributed by atoms with Crippen LogP contribution in [0.3, 0.4) is 0 Å². The van der Waals surface area contributed by atoms with Crippen molar-refractivity contribution in [1.82, 2.24) is 20.5 Å². The Bertz CT molecular complexity index is 733. The fourth-order valence-corrected chi connectivity index (χ4v) is 3.31. The first-order valence-electron chi connectivity index (χ1n) is 9.50. The summed E-state index contributed by atoms with van der Waals surface area (Å²) in [6.07, 6.45) is 2.23. The smallest absolute Gasteiger partial charge is 0.213 e. The van der Waals surface area contributed by atoms with Gasteiger partial charge in [0.2, 0.25) is 5.88 Å². The number of pyridine rings is 1. The topological polar surface area (TPSA) is 61.8 Å². The number of nitrogens with one attached hydrogen (secondary N) is 2. The van der Waals surface area contributed by atoms with E-state index in [9.17, 15) is 0 Å². The molecular formula is C21H30IN5O. The van der Waals surface area contributed by atoms with Crippen molar-refractivity contribution in [3.8, 4) is 5.88 Å². The maximum absolute atomic E-state index is 5.17. The second kappa shape index (κ2) is 11.9. The van der Waals surface area contributed by atoms with Crippen LogP contribution < -0.4 is 15.4 Å². The van der Waals surface area contributed by atoms with Crippen molar-refractivity contribution in [1.29, 1.82) is 0 Å². The molecule has 2 N–H and O–H groups in total. The van der Waals surface area contributed by atoms with Gasteiger partial charge in [0.15, 0.2) is 5.96 Å². The summed E-state index contributed by atoms with van der Waals surface area (Å²) in [5, 5.41) is 6.88. The Morgan fingerprint density at radius 1 is 1.14 bits per heavy atom. The third kappa shape index (κ3) is 6.94. The van der Waals surface area contributed by atoms with Crippen LogP contribution in [0.4, 0.5) is 0 Å². The van der Waals surface area contributed by atoms with Gasteiger partial charge in [0.1, 0.15) is 0 Å². The number of methoxy groups -OCH3 is 1. The first kappa shape index (κ1) is 22.4. The second-order valence-electron chi connectivity index (χ2n) is 6.78. The molecule has 0 radical (unpaired) electrons. The number of hydrogen-bond donors (Lipinski definition) is 2. The minimum absolute atomic E-state index is 0. The van der Waals surface area contributed by atoms with Crippen LogP contribution in [0.25, 0.3) is 0 Å². The van der Waals surface area contributed by atoms with Crippen molar-refractivity contribution in [3.63, 3.8) is 0 Å². The summed E-state index contributed by atoms with van der Waals surface area (Å²) in [6.45, 7) is 3.84. The summed E-state index contributed by atoms with van der Waals surface area (Å²) in [7, 11) is 3.43. The van der Waals surface area contributed by atoms with Crippen molar-refractivity contribution in [2.24, 2.45) is 4.99 Å². The van der Waals surface area contributed by atoms with Gasteiger partial charge < -0.3 is 15.4 Å². The van der Waals surface area contributed by atoms with Crippen LogP contribution in [0.15, 0.2) is 53.5 Å². The lowest BCUT2D eigenvalue weighted by atomic mass is 10.0. The van der Waals surface area contributed by atoms with Crippen LogP contribution in [0, 0.1) is 0 Å². The number of guanidine groups is 1. The fourth-order valence-electron chi connectivity index (χ4n) is 3.31. The minimum atomic E-state index is 0. The third-order valence-corrected chi connectivity index (χ3v) is 4.83. The SMILES string of the molecule is CN=C(NCc1cccc(OC)n1)NC1CCN(Cc2ccccc2)CC1.I. The molecule has 0 saturated carbocycles. The first-order valence-corrected chi connectivity index (χ1v) is 9.50. The van der Waals surface area contributed by atoms with Crippen LogP contribution in [0.5, 0.6) is 5.88 Å². The second-order valence-corrected chi connectivity index (χ2v) is 6.78. The Morgan fingerprint density at radius 3 is 2.57 bits per heavy atom. The lowest BCUT2D eigenvalue weighted by molar-refractivity contribution is 0.198. The van der Waals surface area contributed by atoms with E-state index in [0.717, 1.165) is 44.1 Å². The molecule has 0 unspecified atom stereocenters. The van der Waals surface area contributed by atoms with Crippen molar-refractivity contribution >= 4 is 29.9 Å². The van der Waals surface area contributed by atoms with Gasteiger partial charge in [-0.05, 0) is 24.5 Å². The Balaban J connectivity index is 0.00000280. The average Bonchev–Trinajstić information content (AvgIpc) is 2.73. The Labute approximate surface area is 184 Å². The number of likely N-dealkylation sites (tertiary alicyclic amines) is 1. The molecule has 0 aliphatic carbocycles. The van der Waals surface area contributed by atoms with Crippen LogP contribution in [-0.4, -0.2) is 49.1 Å². The quantitative estimate of drug-likeness (QED) is 0.367. The predicted molar refractivity (Wildman–Crippen MR) is 124 cm³/mol. The molecule has 1 aliphatic rings. The lowest BCUT2D eigenvalue weighted by Crippen LogP contribution is -2.48. The van der Waals surface area contributed by atoms with E-state index in [1.54, 1.807) is 14.2 Å². The largest absolute Gasteiger partial charge is 0.481 e. The van der Waals surface area contributed by atoms with E-state index in [-0.39, 0.29) is 24.0 Å². The number of rotatable bonds is 6. The highest BCUT2D eigenvalue weighted by Crippen LogP contribution is 2.14. The molecule has 1 fully saturated rings. The van der Waals surface area contributed by atoms with E-state index in [2.05, 4.69) is 55.8 Å². The number of benzene rings is 1. The molecule has 0 spiro atoms. The van der Waals surface area contributed by atoms with E-state index in [0.29, 0.717) is 18.5 Å². The van der Waals surface area contributed by atoms with Crippen molar-refractivity contribution < 1.29 is 4.74 Å². The Morgan fingerprint density at radius 2 is 1.89 bits per heavy atom. The molecule has 7 heteroatoms. The van der Waals surface area contributed by atoms with E-state index >= 15 is 0 Å². The highest BCUT2D eigenvalue weighted by atomic mass is 127. The summed E-state index contributed by atoms with van der Waals surface area (Å²) in [5.41, 5.74) is 2.31. The van der Waals surface area contributed by atoms with Crippen molar-refractivity contribution in [2.45, 2.75) is 32.0 Å². The Kier molecular flexibility index (Phi) is 9.49. The molecule has 0 atom stereocenters. The highest BCUT2D eigenvalue weighted by Gasteiger charge is 2.20. The van der Waals surface area contributed by atoms with Crippen LogP contribution in [-0.2, 0) is 13.1 Å². The molecule has 1 saturated heterocycles. The predicted octanol–water partition coefficient (Wildman–Crippen LogP) is 3.04. The molecule has 152 valence electrons. The van der Waals surface area contributed by atoms with E-state index < -0.39 is 0 Å². The zero-order valence-corrected chi connectivity index (χ0v) is 18.9. The van der Waals surface area contributed by atoms with Gasteiger partial charge in [0.05, 0.1) is 19.3 Å². The maximum Gasteiger partial charge on any atom is 0.213 e. The number of nitrogens with zero attached hydrogens (tertiary/aromatic N) is 3. The molecule has 28 heavy (non-hydrogen) atoms. The summed E-state index contributed by atoms with van der Waals surface area (Å²) >= 11 is 0. The fraction of sp³-hybridized carbons (Fsp3) is 0.429. The molecular weight excluding hydrogens is 465 g/mol. The number of ether oxygens (including phenoxy) is 1. The summed E-state index contributed by atoms with van der Waals surface area (Å²) < 4.78 is 5.17. The lowest BCUT2D eigenvalue weighted by Gasteiger charge is -2.33. The zero-order valence-electron chi connectivity index (χ0n) is 16.6. The average molecular weight is 495 g/mol. The third-order valence-electron chi connectivity index (χ3n) is 4.83. The molecule has 6 nitrogen and oxygen atoms in total. The van der Waals surface area contributed by atoms with Gasteiger partial charge in [-0.25, -0.2) is 4.98 Å². The van der Waals surface area contributed by atoms with Crippen molar-refractivity contribution in [3.05, 3.63) is 59.8 Å². The molecule has 1 aromatic carbocycles. The zero-order chi connectivity index (χ0) is 18.9. The number of aromatic nitrogens is 1. The van der Waals surface area contributed by atoms with Gasteiger partial charge >= 0.3 is 0 Å². The normalized spacial score (nSPS) is 15.6. The van der Waals surface area contributed by atoms with E-state index in [1.807, 2.05) is 18.2 Å². The summed E-state index contributed by atoms with van der Waals surface area (Å²) in [5.74, 6) is 1.45. The van der Waals surface area contributed by atoms with E-state index in [1.165, 1.54) is 5.56 Å². The van der Waals surface area contributed by atoms with E-state index in [4.69, 9.17) is 4.74 Å². The van der Waals surface area contributed by atoms with Gasteiger partial charge in [-0.1, -0.05) is 36.4 Å². The molecule has 1 aromatic heterocycles. The molecule has 1 aliphatic heterocycles. The minimum Gasteiger partial charge on any atom is -0.481 e. The molecule has 0 amide bonds. The number of piperidine rings is 1. The molecule has 2 aromatic rings. The van der Waals surface area contributed by atoms with Crippen LogP contribution in [0.2, 0.25) is 0 Å². The number of halogens is 1. The molecule has 2 heterocycles. The number of aliphatic imine (C=N–C) groups is 1. The monoisotopic (exact) mass is 495 g/mol. The highest BCUT2D eigenvalue weighted by molar-refractivity contribution is 14.0. The van der Waals surface area contributed by atoms with Crippen LogP contribution in [0.1, 0.15) is 24.1 Å². The van der Waals surface area contributed by atoms with Gasteiger partial charge in [-0.2, -0.15) is 0 Å². The maximum atomic E-state index is 5.17. The number of hydrogen-bond acceptors (Lipinski definition) is 4. The summed E-state index contributed by atoms with van der Waals surface area (Å²) in [6, 6.07) is 16.9.